The first-order valence-electron chi connectivity index (χ1n) is 6.66. The zero-order valence-electron chi connectivity index (χ0n) is 12.4. The molecule has 0 aliphatic heterocycles. The minimum atomic E-state index is -4.90. The monoisotopic (exact) mass is 372 g/mol. The maximum atomic E-state index is 13.0. The van der Waals surface area contributed by atoms with Gasteiger partial charge in [-0.25, -0.2) is 8.42 Å². The molecule has 1 amide bonds. The zero-order chi connectivity index (χ0) is 17.8. The lowest BCUT2D eigenvalue weighted by atomic mass is 10.2. The van der Waals surface area contributed by atoms with Crippen LogP contribution in [0.4, 0.5) is 13.2 Å². The maximum absolute atomic E-state index is 13.0. The van der Waals surface area contributed by atoms with Gasteiger partial charge < -0.3 is 5.32 Å². The smallest absolute Gasteiger partial charge is 0.355 e. The Morgan fingerprint density at radius 1 is 1.35 bits per heavy atom. The Bertz CT molecular complexity index is 678. The molecule has 0 spiro atoms. The van der Waals surface area contributed by atoms with Gasteiger partial charge in [0.1, 0.15) is 0 Å². The minimum Gasteiger partial charge on any atom is -0.355 e. The van der Waals surface area contributed by atoms with Crippen LogP contribution in [0.15, 0.2) is 23.1 Å². The molecular formula is C13H16ClF3N2O3S. The van der Waals surface area contributed by atoms with E-state index in [9.17, 15) is 26.4 Å². The molecule has 0 aliphatic carbocycles. The van der Waals surface area contributed by atoms with Crippen molar-refractivity contribution in [3.8, 4) is 0 Å². The second-order valence-electron chi connectivity index (χ2n) is 4.77. The fourth-order valence-corrected chi connectivity index (χ4v) is 3.29. The number of hydrogen-bond donors (Lipinski definition) is 2. The van der Waals surface area contributed by atoms with Gasteiger partial charge in [0, 0.05) is 11.6 Å². The first-order chi connectivity index (χ1) is 10.5. The topological polar surface area (TPSA) is 75.3 Å². The van der Waals surface area contributed by atoms with E-state index in [0.717, 1.165) is 12.1 Å². The average molecular weight is 373 g/mol. The molecule has 0 aliphatic rings. The summed E-state index contributed by atoms with van der Waals surface area (Å²) in [5.41, 5.74) is -1.39. The number of hydrogen-bond acceptors (Lipinski definition) is 3. The Labute approximate surface area is 137 Å². The van der Waals surface area contributed by atoms with Gasteiger partial charge in [0.05, 0.1) is 16.5 Å². The van der Waals surface area contributed by atoms with Crippen LogP contribution in [0.25, 0.3) is 0 Å². The normalized spacial score (nSPS) is 13.7. The third kappa shape index (κ3) is 5.36. The van der Waals surface area contributed by atoms with Crippen molar-refractivity contribution in [2.75, 3.05) is 6.54 Å². The summed E-state index contributed by atoms with van der Waals surface area (Å²) in [6.07, 6.45) is -4.26. The lowest BCUT2D eigenvalue weighted by molar-refractivity contribution is -0.139. The van der Waals surface area contributed by atoms with Crippen LogP contribution in [0.2, 0.25) is 5.02 Å². The van der Waals surface area contributed by atoms with Gasteiger partial charge in [0.25, 0.3) is 0 Å². The lowest BCUT2D eigenvalue weighted by Crippen LogP contribution is -2.45. The number of carbonyl (C=O) groups excluding carboxylic acids is 1. The van der Waals surface area contributed by atoms with E-state index in [2.05, 4.69) is 5.32 Å². The Balaban J connectivity index is 3.12. The highest BCUT2D eigenvalue weighted by molar-refractivity contribution is 7.89. The standard InChI is InChI=1S/C13H16ClF3N2O3S/c1-3-6-18-12(20)8(2)19-23(21,22)11-5-4-9(14)7-10(11)13(15,16)17/h4-5,7-8,19H,3,6H2,1-2H3,(H,18,20)/t8-/m0/s1. The first-order valence-corrected chi connectivity index (χ1v) is 8.52. The third-order valence-electron chi connectivity index (χ3n) is 2.81. The van der Waals surface area contributed by atoms with E-state index in [0.29, 0.717) is 19.0 Å². The summed E-state index contributed by atoms with van der Waals surface area (Å²) in [5, 5.41) is 2.21. The van der Waals surface area contributed by atoms with Gasteiger partial charge in [0.2, 0.25) is 15.9 Å². The number of alkyl halides is 3. The summed E-state index contributed by atoms with van der Waals surface area (Å²) < 4.78 is 65.2. The summed E-state index contributed by atoms with van der Waals surface area (Å²) in [6, 6.07) is 1.10. The van der Waals surface area contributed by atoms with Crippen molar-refractivity contribution in [2.24, 2.45) is 0 Å². The summed E-state index contributed by atoms with van der Waals surface area (Å²) in [7, 11) is -4.55. The highest BCUT2D eigenvalue weighted by Gasteiger charge is 2.38. The molecule has 0 aromatic heterocycles. The van der Waals surface area contributed by atoms with E-state index in [1.807, 2.05) is 4.72 Å². The molecule has 0 fully saturated rings. The summed E-state index contributed by atoms with van der Waals surface area (Å²) in [6.45, 7) is 3.38. The molecule has 1 aromatic carbocycles. The van der Waals surface area contributed by atoms with Crippen molar-refractivity contribution in [1.82, 2.24) is 10.0 Å². The third-order valence-corrected chi connectivity index (χ3v) is 4.64. The zero-order valence-corrected chi connectivity index (χ0v) is 13.9. The van der Waals surface area contributed by atoms with E-state index in [1.165, 1.54) is 6.92 Å². The quantitative estimate of drug-likeness (QED) is 0.805. The highest BCUT2D eigenvalue weighted by Crippen LogP contribution is 2.35. The number of nitrogens with one attached hydrogen (secondary N) is 2. The molecule has 5 nitrogen and oxygen atoms in total. The van der Waals surface area contributed by atoms with Crippen LogP contribution in [0.5, 0.6) is 0 Å². The van der Waals surface area contributed by atoms with Gasteiger partial charge >= 0.3 is 6.18 Å². The Morgan fingerprint density at radius 2 is 1.96 bits per heavy atom. The molecule has 1 aromatic rings. The SMILES string of the molecule is CCCNC(=O)[C@H](C)NS(=O)(=O)c1ccc(Cl)cc1C(F)(F)F. The Morgan fingerprint density at radius 3 is 2.48 bits per heavy atom. The van der Waals surface area contributed by atoms with Gasteiger partial charge in [-0.1, -0.05) is 18.5 Å². The van der Waals surface area contributed by atoms with Crippen molar-refractivity contribution in [3.63, 3.8) is 0 Å². The molecule has 0 heterocycles. The van der Waals surface area contributed by atoms with Crippen molar-refractivity contribution >= 4 is 27.5 Å². The van der Waals surface area contributed by atoms with Crippen LogP contribution in [0.1, 0.15) is 25.8 Å². The molecule has 130 valence electrons. The van der Waals surface area contributed by atoms with Crippen LogP contribution in [-0.4, -0.2) is 26.9 Å². The number of amides is 1. The van der Waals surface area contributed by atoms with Crippen LogP contribution in [-0.2, 0) is 21.0 Å². The van der Waals surface area contributed by atoms with E-state index < -0.39 is 38.6 Å². The molecule has 2 N–H and O–H groups in total. The van der Waals surface area contributed by atoms with Crippen molar-refractivity contribution in [2.45, 2.75) is 37.4 Å². The minimum absolute atomic E-state index is 0.245. The lowest BCUT2D eigenvalue weighted by Gasteiger charge is -2.17. The summed E-state index contributed by atoms with van der Waals surface area (Å²) in [5.74, 6) is -0.627. The first kappa shape index (κ1) is 19.7. The van der Waals surface area contributed by atoms with Crippen molar-refractivity contribution in [1.29, 1.82) is 0 Å². The largest absolute Gasteiger partial charge is 0.417 e. The molecule has 0 radical (unpaired) electrons. The number of rotatable bonds is 6. The van der Waals surface area contributed by atoms with Gasteiger partial charge in [-0.3, -0.25) is 4.79 Å². The predicted octanol–water partition coefficient (Wildman–Crippen LogP) is 2.55. The average Bonchev–Trinajstić information content (AvgIpc) is 2.42. The van der Waals surface area contributed by atoms with Gasteiger partial charge in [-0.15, -0.1) is 0 Å². The van der Waals surface area contributed by atoms with Gasteiger partial charge in [-0.2, -0.15) is 17.9 Å². The molecule has 1 atom stereocenters. The Kier molecular flexibility index (Phi) is 6.43. The Hall–Kier alpha value is -1.32. The van der Waals surface area contributed by atoms with E-state index in [-0.39, 0.29) is 5.02 Å². The van der Waals surface area contributed by atoms with Crippen LogP contribution in [0.3, 0.4) is 0 Å². The fourth-order valence-electron chi connectivity index (χ4n) is 1.71. The molecular weight excluding hydrogens is 357 g/mol. The summed E-state index contributed by atoms with van der Waals surface area (Å²) >= 11 is 5.51. The maximum Gasteiger partial charge on any atom is 0.417 e. The fraction of sp³-hybridized carbons (Fsp3) is 0.462. The second-order valence-corrected chi connectivity index (χ2v) is 6.89. The number of halogens is 4. The molecule has 0 unspecified atom stereocenters. The van der Waals surface area contributed by atoms with Crippen LogP contribution < -0.4 is 10.0 Å². The highest BCUT2D eigenvalue weighted by atomic mass is 35.5. The second kappa shape index (κ2) is 7.50. The molecule has 0 saturated carbocycles. The molecule has 23 heavy (non-hydrogen) atoms. The number of benzene rings is 1. The van der Waals surface area contributed by atoms with Gasteiger partial charge in [0.15, 0.2) is 0 Å². The molecule has 10 heteroatoms. The summed E-state index contributed by atoms with van der Waals surface area (Å²) in [4.78, 5) is 10.7. The van der Waals surface area contributed by atoms with Crippen molar-refractivity contribution in [3.05, 3.63) is 28.8 Å². The molecule has 0 saturated heterocycles. The predicted molar refractivity (Wildman–Crippen MR) is 79.5 cm³/mol. The molecule has 1 rings (SSSR count). The van der Waals surface area contributed by atoms with Crippen LogP contribution >= 0.6 is 11.6 Å². The van der Waals surface area contributed by atoms with E-state index in [4.69, 9.17) is 11.6 Å². The number of carbonyl (C=O) groups is 1. The van der Waals surface area contributed by atoms with E-state index >= 15 is 0 Å². The van der Waals surface area contributed by atoms with E-state index in [1.54, 1.807) is 6.92 Å². The molecule has 0 bridgehead atoms. The van der Waals surface area contributed by atoms with Crippen molar-refractivity contribution < 1.29 is 26.4 Å². The van der Waals surface area contributed by atoms with Crippen LogP contribution in [0, 0.1) is 0 Å². The number of sulfonamides is 1. The van der Waals surface area contributed by atoms with Gasteiger partial charge in [-0.05, 0) is 31.5 Å².